The minimum atomic E-state index is -4.98. The monoisotopic (exact) mass is 619 g/mol. The summed E-state index contributed by atoms with van der Waals surface area (Å²) < 4.78 is 82.6. The number of nitrogens with one attached hydrogen (secondary N) is 1. The van der Waals surface area contributed by atoms with E-state index in [0.29, 0.717) is 17.9 Å². The molecule has 0 aromatic heterocycles. The molecule has 0 aliphatic heterocycles. The lowest BCUT2D eigenvalue weighted by molar-refractivity contribution is -0.139. The summed E-state index contributed by atoms with van der Waals surface area (Å²) in [5.41, 5.74) is -2.64. The van der Waals surface area contributed by atoms with Gasteiger partial charge in [-0.15, -0.1) is 0 Å². The van der Waals surface area contributed by atoms with Crippen molar-refractivity contribution in [2.24, 2.45) is 0 Å². The third-order valence-electron chi connectivity index (χ3n) is 5.29. The van der Waals surface area contributed by atoms with Gasteiger partial charge in [-0.1, -0.05) is 53.0 Å². The second-order valence-corrected chi connectivity index (χ2v) is 10.5. The lowest BCUT2D eigenvalue weighted by Crippen LogP contribution is -2.35. The maximum Gasteiger partial charge on any atom is 0.417 e. The van der Waals surface area contributed by atoms with Crippen molar-refractivity contribution in [2.75, 3.05) is 12.0 Å². The number of hydrogen-bond donors (Lipinski definition) is 1. The Hall–Kier alpha value is -1.88. The molecular weight excluding hydrogens is 599 g/mol. The van der Waals surface area contributed by atoms with E-state index in [1.54, 1.807) is 0 Å². The van der Waals surface area contributed by atoms with E-state index >= 15 is 0 Å². The van der Waals surface area contributed by atoms with Gasteiger partial charge in [0.25, 0.3) is 5.91 Å². The van der Waals surface area contributed by atoms with Crippen LogP contribution in [0, 0.1) is 0 Å². The van der Waals surface area contributed by atoms with E-state index in [1.165, 1.54) is 18.7 Å². The van der Waals surface area contributed by atoms with Gasteiger partial charge in [-0.25, -0.2) is 0 Å². The largest absolute Gasteiger partial charge is 0.417 e. The summed E-state index contributed by atoms with van der Waals surface area (Å²) in [5, 5.41) is 1.81. The van der Waals surface area contributed by atoms with E-state index < -0.39 is 41.3 Å². The van der Waals surface area contributed by atoms with E-state index in [0.717, 1.165) is 30.3 Å². The van der Waals surface area contributed by atoms with Crippen molar-refractivity contribution >= 4 is 64.3 Å². The van der Waals surface area contributed by atoms with Gasteiger partial charge in [0, 0.05) is 18.9 Å². The van der Waals surface area contributed by atoms with Crippen LogP contribution in [-0.4, -0.2) is 35.9 Å². The highest BCUT2D eigenvalue weighted by atomic mass is 35.5. The predicted molar refractivity (Wildman–Crippen MR) is 140 cm³/mol. The number of carbonyl (C=O) groups excluding carboxylic acids is 2. The van der Waals surface area contributed by atoms with Gasteiger partial charge in [0.2, 0.25) is 0 Å². The molecule has 208 valence electrons. The lowest BCUT2D eigenvalue weighted by atomic mass is 9.96. The van der Waals surface area contributed by atoms with Crippen molar-refractivity contribution in [3.8, 4) is 0 Å². The van der Waals surface area contributed by atoms with Crippen LogP contribution < -0.4 is 5.32 Å². The number of halogens is 9. The highest BCUT2D eigenvalue weighted by Crippen LogP contribution is 2.41. The number of alkyl halides is 6. The number of ketones is 1. The van der Waals surface area contributed by atoms with Gasteiger partial charge in [-0.2, -0.15) is 38.1 Å². The first-order chi connectivity index (χ1) is 17.5. The number of hydrogen-bond acceptors (Lipinski definition) is 3. The fourth-order valence-corrected chi connectivity index (χ4v) is 4.53. The van der Waals surface area contributed by atoms with Crippen LogP contribution in [0.5, 0.6) is 0 Å². The van der Waals surface area contributed by atoms with Crippen molar-refractivity contribution in [3.05, 3.63) is 73.7 Å². The highest BCUT2D eigenvalue weighted by Gasteiger charge is 2.40. The molecule has 0 aliphatic rings. The summed E-state index contributed by atoms with van der Waals surface area (Å²) in [6.07, 6.45) is -6.24. The molecule has 0 bridgehead atoms. The van der Waals surface area contributed by atoms with Crippen LogP contribution in [0.2, 0.25) is 15.1 Å². The minimum absolute atomic E-state index is 0.0496. The van der Waals surface area contributed by atoms with Crippen LogP contribution in [0.25, 0.3) is 6.08 Å². The Morgan fingerprint density at radius 3 is 2.16 bits per heavy atom. The van der Waals surface area contributed by atoms with Crippen molar-refractivity contribution in [1.82, 2.24) is 5.32 Å². The summed E-state index contributed by atoms with van der Waals surface area (Å²) in [6, 6.07) is 3.76. The Morgan fingerprint density at radius 2 is 1.63 bits per heavy atom. The van der Waals surface area contributed by atoms with Crippen LogP contribution in [-0.2, 0) is 11.0 Å². The van der Waals surface area contributed by atoms with E-state index in [1.807, 2.05) is 6.26 Å². The molecule has 0 saturated carbocycles. The number of benzene rings is 2. The Balaban J connectivity index is 2.36. The molecule has 2 aromatic carbocycles. The summed E-state index contributed by atoms with van der Waals surface area (Å²) in [4.78, 5) is 24.5. The van der Waals surface area contributed by atoms with E-state index in [9.17, 15) is 35.9 Å². The smallest absolute Gasteiger partial charge is 0.349 e. The number of rotatable bonds is 10. The topological polar surface area (TPSA) is 46.2 Å². The summed E-state index contributed by atoms with van der Waals surface area (Å²) in [7, 11) is 0. The van der Waals surface area contributed by atoms with Crippen LogP contribution in [0.3, 0.4) is 0 Å². The van der Waals surface area contributed by atoms with Gasteiger partial charge in [-0.05, 0) is 54.3 Å². The molecule has 2 rings (SSSR count). The lowest BCUT2D eigenvalue weighted by Gasteiger charge is -2.19. The number of allylic oxidation sites excluding steroid dienone is 1. The first-order valence-electron chi connectivity index (χ1n) is 11.0. The Labute approximate surface area is 234 Å². The Bertz CT molecular complexity index is 1180. The molecule has 1 unspecified atom stereocenters. The third-order valence-corrected chi connectivity index (χ3v) is 7.10. The number of carbonyl (C=O) groups is 2. The maximum absolute atomic E-state index is 13.8. The predicted octanol–water partition coefficient (Wildman–Crippen LogP) is 8.86. The molecule has 0 saturated heterocycles. The van der Waals surface area contributed by atoms with Crippen LogP contribution in [0.1, 0.15) is 52.7 Å². The number of amides is 1. The van der Waals surface area contributed by atoms with E-state index in [2.05, 4.69) is 5.32 Å². The Kier molecular flexibility index (Phi) is 11.5. The molecule has 0 heterocycles. The molecule has 2 atom stereocenters. The zero-order valence-electron chi connectivity index (χ0n) is 19.9. The average Bonchev–Trinajstić information content (AvgIpc) is 2.79. The summed E-state index contributed by atoms with van der Waals surface area (Å²) in [6.45, 7) is 1.49. The zero-order valence-corrected chi connectivity index (χ0v) is 23.0. The fraction of sp³-hybridized carbons (Fsp3) is 0.360. The number of thioether (sulfide) groups is 1. The van der Waals surface area contributed by atoms with Crippen molar-refractivity contribution < 1.29 is 35.9 Å². The van der Waals surface area contributed by atoms with E-state index in [-0.39, 0.29) is 44.8 Å². The first-order valence-corrected chi connectivity index (χ1v) is 13.5. The van der Waals surface area contributed by atoms with Gasteiger partial charge < -0.3 is 5.32 Å². The van der Waals surface area contributed by atoms with Gasteiger partial charge in [-0.3, -0.25) is 9.59 Å². The molecule has 38 heavy (non-hydrogen) atoms. The second-order valence-electron chi connectivity index (χ2n) is 8.34. The first kappa shape index (κ1) is 32.3. The van der Waals surface area contributed by atoms with Crippen LogP contribution in [0.4, 0.5) is 26.3 Å². The van der Waals surface area contributed by atoms with Gasteiger partial charge in [0.15, 0.2) is 0 Å². The molecule has 0 radical (unpaired) electrons. The molecular formula is C25H22Cl3F6NO2S. The molecule has 3 nitrogen and oxygen atoms in total. The van der Waals surface area contributed by atoms with Crippen molar-refractivity contribution in [1.29, 1.82) is 0 Å². The molecule has 2 aromatic rings. The molecule has 1 N–H and O–H groups in total. The van der Waals surface area contributed by atoms with Crippen LogP contribution in [0.15, 0.2) is 36.4 Å². The fourth-order valence-electron chi connectivity index (χ4n) is 3.48. The van der Waals surface area contributed by atoms with Crippen molar-refractivity contribution in [2.45, 2.75) is 44.1 Å². The quantitative estimate of drug-likeness (QED) is 0.213. The molecule has 0 spiro atoms. The van der Waals surface area contributed by atoms with Gasteiger partial charge in [0.05, 0.1) is 32.1 Å². The number of Topliss-reactive ketones (excluding diaryl/α,β-unsaturated/α-hetero) is 1. The molecule has 0 fully saturated rings. The standard InChI is InChI=1S/C25H22Cl3F6NO2S/c1-13(9-16(36)7-8-38-2)35-23(37)17-5-3-14(10-19(17)25(32,33)34)4-6-18(24(29,30)31)15-11-20(26)22(28)21(27)12-15/h3-6,10-13,18H,7-9H2,1-2H3,(H,35,37)/b6-4+/t13-,18?/m1/s1. The zero-order chi connectivity index (χ0) is 28.8. The third kappa shape index (κ3) is 9.10. The molecule has 1 amide bonds. The Morgan fingerprint density at radius 1 is 1.03 bits per heavy atom. The maximum atomic E-state index is 13.8. The highest BCUT2D eigenvalue weighted by molar-refractivity contribution is 7.98. The average molecular weight is 621 g/mol. The molecule has 13 heteroatoms. The van der Waals surface area contributed by atoms with Gasteiger partial charge in [0.1, 0.15) is 5.78 Å². The SMILES string of the molecule is CSCCC(=O)C[C@@H](C)NC(=O)c1ccc(/C=C/C(c2cc(Cl)c(Cl)c(Cl)c2)C(F)(F)F)cc1C(F)(F)F. The summed E-state index contributed by atoms with van der Waals surface area (Å²) in [5.74, 6) is -2.88. The van der Waals surface area contributed by atoms with Gasteiger partial charge >= 0.3 is 12.4 Å². The molecule has 0 aliphatic carbocycles. The minimum Gasteiger partial charge on any atom is -0.349 e. The van der Waals surface area contributed by atoms with Crippen LogP contribution >= 0.6 is 46.6 Å². The second kappa shape index (κ2) is 13.5. The van der Waals surface area contributed by atoms with E-state index in [4.69, 9.17) is 34.8 Å². The normalized spacial score (nSPS) is 14.0. The summed E-state index contributed by atoms with van der Waals surface area (Å²) >= 11 is 18.9. The van der Waals surface area contributed by atoms with Crippen molar-refractivity contribution in [3.63, 3.8) is 0 Å².